The molecule has 6 heteroatoms. The molecule has 1 aliphatic heterocycles. The SMILES string of the molecule is CCN1CC(C)C(NS(=O)(=O)c2ccc(F)cc2)C1. The van der Waals surface area contributed by atoms with Crippen LogP contribution in [0.2, 0.25) is 0 Å². The highest BCUT2D eigenvalue weighted by molar-refractivity contribution is 7.89. The maximum absolute atomic E-state index is 12.8. The number of nitrogens with one attached hydrogen (secondary N) is 1. The van der Waals surface area contributed by atoms with E-state index in [9.17, 15) is 12.8 Å². The fraction of sp³-hybridized carbons (Fsp3) is 0.538. The summed E-state index contributed by atoms with van der Waals surface area (Å²) >= 11 is 0. The number of hydrogen-bond acceptors (Lipinski definition) is 3. The monoisotopic (exact) mass is 286 g/mol. The molecule has 1 aliphatic rings. The Morgan fingerprint density at radius 3 is 2.47 bits per heavy atom. The summed E-state index contributed by atoms with van der Waals surface area (Å²) in [5, 5.41) is 0. The Morgan fingerprint density at radius 1 is 1.32 bits per heavy atom. The van der Waals surface area contributed by atoms with Gasteiger partial charge < -0.3 is 4.90 Å². The molecule has 1 heterocycles. The van der Waals surface area contributed by atoms with Gasteiger partial charge in [-0.2, -0.15) is 0 Å². The average Bonchev–Trinajstić information content (AvgIpc) is 2.70. The van der Waals surface area contributed by atoms with E-state index in [0.717, 1.165) is 31.8 Å². The molecule has 1 saturated heterocycles. The lowest BCUT2D eigenvalue weighted by Crippen LogP contribution is -2.39. The Bertz CT molecular complexity index is 530. The van der Waals surface area contributed by atoms with Gasteiger partial charge in [0, 0.05) is 19.1 Å². The second kappa shape index (κ2) is 5.56. The van der Waals surface area contributed by atoms with Gasteiger partial charge in [0.2, 0.25) is 10.0 Å². The third kappa shape index (κ3) is 3.32. The molecule has 1 aromatic rings. The number of sulfonamides is 1. The van der Waals surface area contributed by atoms with Crippen LogP contribution in [-0.2, 0) is 10.0 Å². The number of halogens is 1. The zero-order chi connectivity index (χ0) is 14.0. The highest BCUT2D eigenvalue weighted by Crippen LogP contribution is 2.19. The van der Waals surface area contributed by atoms with Gasteiger partial charge >= 0.3 is 0 Å². The van der Waals surface area contributed by atoms with E-state index in [-0.39, 0.29) is 16.9 Å². The molecule has 0 aromatic heterocycles. The molecule has 0 spiro atoms. The van der Waals surface area contributed by atoms with Crippen molar-refractivity contribution in [2.75, 3.05) is 19.6 Å². The Hall–Kier alpha value is -0.980. The molecule has 0 amide bonds. The fourth-order valence-corrected chi connectivity index (χ4v) is 3.70. The highest BCUT2D eigenvalue weighted by Gasteiger charge is 2.32. The molecule has 0 bridgehead atoms. The molecule has 0 radical (unpaired) electrons. The van der Waals surface area contributed by atoms with Gasteiger partial charge in [0.15, 0.2) is 0 Å². The van der Waals surface area contributed by atoms with Gasteiger partial charge in [0.25, 0.3) is 0 Å². The van der Waals surface area contributed by atoms with Crippen molar-refractivity contribution in [2.24, 2.45) is 5.92 Å². The van der Waals surface area contributed by atoms with Gasteiger partial charge in [-0.05, 0) is 36.7 Å². The van der Waals surface area contributed by atoms with E-state index in [4.69, 9.17) is 0 Å². The van der Waals surface area contributed by atoms with E-state index >= 15 is 0 Å². The van der Waals surface area contributed by atoms with Gasteiger partial charge in [-0.15, -0.1) is 0 Å². The lowest BCUT2D eigenvalue weighted by Gasteiger charge is -2.16. The lowest BCUT2D eigenvalue weighted by atomic mass is 10.1. The number of rotatable bonds is 4. The second-order valence-electron chi connectivity index (χ2n) is 5.01. The van der Waals surface area contributed by atoms with Crippen molar-refractivity contribution in [1.82, 2.24) is 9.62 Å². The van der Waals surface area contributed by atoms with Crippen LogP contribution in [0.1, 0.15) is 13.8 Å². The van der Waals surface area contributed by atoms with Crippen molar-refractivity contribution in [2.45, 2.75) is 24.8 Å². The minimum absolute atomic E-state index is 0.0880. The third-order valence-corrected chi connectivity index (χ3v) is 5.07. The minimum atomic E-state index is -3.57. The predicted octanol–water partition coefficient (Wildman–Crippen LogP) is 1.44. The van der Waals surface area contributed by atoms with Crippen molar-refractivity contribution < 1.29 is 12.8 Å². The normalized spacial score (nSPS) is 24.8. The fourth-order valence-electron chi connectivity index (χ4n) is 2.36. The van der Waals surface area contributed by atoms with E-state index in [0.29, 0.717) is 0 Å². The highest BCUT2D eigenvalue weighted by atomic mass is 32.2. The van der Waals surface area contributed by atoms with Crippen LogP contribution in [0.15, 0.2) is 29.2 Å². The van der Waals surface area contributed by atoms with Gasteiger partial charge in [-0.3, -0.25) is 0 Å². The molecule has 2 unspecified atom stereocenters. The Kier molecular flexibility index (Phi) is 4.23. The molecule has 1 fully saturated rings. The number of likely N-dealkylation sites (N-methyl/N-ethyl adjacent to an activating group) is 1. The Balaban J connectivity index is 2.11. The van der Waals surface area contributed by atoms with Gasteiger partial charge in [0.05, 0.1) is 4.90 Å². The standard InChI is InChI=1S/C13H19FN2O2S/c1-3-16-8-10(2)13(9-16)15-19(17,18)12-6-4-11(14)5-7-12/h4-7,10,13,15H,3,8-9H2,1-2H3. The molecule has 2 atom stereocenters. The summed E-state index contributed by atoms with van der Waals surface area (Å²) in [5.74, 6) is -0.166. The Labute approximate surface area is 113 Å². The first-order chi connectivity index (χ1) is 8.92. The number of likely N-dealkylation sites (tertiary alicyclic amines) is 1. The van der Waals surface area contributed by atoms with Crippen LogP contribution in [0.3, 0.4) is 0 Å². The van der Waals surface area contributed by atoms with Crippen molar-refractivity contribution in [3.8, 4) is 0 Å². The van der Waals surface area contributed by atoms with E-state index in [2.05, 4.69) is 16.5 Å². The molecule has 4 nitrogen and oxygen atoms in total. The minimum Gasteiger partial charge on any atom is -0.302 e. The number of hydrogen-bond donors (Lipinski definition) is 1. The van der Waals surface area contributed by atoms with Crippen molar-refractivity contribution in [1.29, 1.82) is 0 Å². The maximum atomic E-state index is 12.8. The maximum Gasteiger partial charge on any atom is 0.240 e. The topological polar surface area (TPSA) is 49.4 Å². The second-order valence-corrected chi connectivity index (χ2v) is 6.73. The summed E-state index contributed by atoms with van der Waals surface area (Å²) in [6.07, 6.45) is 0. The molecular weight excluding hydrogens is 267 g/mol. The van der Waals surface area contributed by atoms with E-state index in [1.54, 1.807) is 0 Å². The van der Waals surface area contributed by atoms with Crippen molar-refractivity contribution >= 4 is 10.0 Å². The molecular formula is C13H19FN2O2S. The number of nitrogens with zero attached hydrogens (tertiary/aromatic N) is 1. The molecule has 106 valence electrons. The molecule has 0 aliphatic carbocycles. The molecule has 1 aromatic carbocycles. The van der Waals surface area contributed by atoms with Gasteiger partial charge in [-0.1, -0.05) is 13.8 Å². The van der Waals surface area contributed by atoms with Crippen LogP contribution in [0.5, 0.6) is 0 Å². The van der Waals surface area contributed by atoms with Crippen LogP contribution in [-0.4, -0.2) is 39.0 Å². The molecule has 2 rings (SSSR count). The third-order valence-electron chi connectivity index (χ3n) is 3.57. The van der Waals surface area contributed by atoms with Crippen LogP contribution in [0, 0.1) is 11.7 Å². The van der Waals surface area contributed by atoms with Crippen molar-refractivity contribution in [3.63, 3.8) is 0 Å². The van der Waals surface area contributed by atoms with E-state index in [1.807, 2.05) is 6.92 Å². The van der Waals surface area contributed by atoms with E-state index in [1.165, 1.54) is 12.1 Å². The smallest absolute Gasteiger partial charge is 0.240 e. The van der Waals surface area contributed by atoms with Crippen LogP contribution in [0.4, 0.5) is 4.39 Å². The zero-order valence-electron chi connectivity index (χ0n) is 11.1. The molecule has 0 saturated carbocycles. The quantitative estimate of drug-likeness (QED) is 0.911. The van der Waals surface area contributed by atoms with Gasteiger partial charge in [0.1, 0.15) is 5.82 Å². The van der Waals surface area contributed by atoms with E-state index < -0.39 is 15.8 Å². The first kappa shape index (κ1) is 14.4. The summed E-state index contributed by atoms with van der Waals surface area (Å²) in [5.41, 5.74) is 0. The van der Waals surface area contributed by atoms with Crippen LogP contribution >= 0.6 is 0 Å². The predicted molar refractivity (Wildman–Crippen MR) is 71.8 cm³/mol. The molecule has 1 N–H and O–H groups in total. The lowest BCUT2D eigenvalue weighted by molar-refractivity contribution is 0.344. The van der Waals surface area contributed by atoms with Crippen molar-refractivity contribution in [3.05, 3.63) is 30.1 Å². The van der Waals surface area contributed by atoms with Gasteiger partial charge in [-0.25, -0.2) is 17.5 Å². The zero-order valence-corrected chi connectivity index (χ0v) is 12.0. The number of benzene rings is 1. The summed E-state index contributed by atoms with van der Waals surface area (Å²) in [6, 6.07) is 4.80. The first-order valence-corrected chi connectivity index (χ1v) is 7.91. The summed E-state index contributed by atoms with van der Waals surface area (Å²) in [6.45, 7) is 6.63. The summed E-state index contributed by atoms with van der Waals surface area (Å²) < 4.78 is 39.9. The summed E-state index contributed by atoms with van der Waals surface area (Å²) in [4.78, 5) is 2.32. The molecule has 19 heavy (non-hydrogen) atoms. The largest absolute Gasteiger partial charge is 0.302 e. The average molecular weight is 286 g/mol. The first-order valence-electron chi connectivity index (χ1n) is 6.42. The Morgan fingerprint density at radius 2 is 1.95 bits per heavy atom. The van der Waals surface area contributed by atoms with Crippen LogP contribution < -0.4 is 4.72 Å². The van der Waals surface area contributed by atoms with Crippen LogP contribution in [0.25, 0.3) is 0 Å². The summed E-state index contributed by atoms with van der Waals surface area (Å²) in [7, 11) is -3.57.